The van der Waals surface area contributed by atoms with E-state index in [1.54, 1.807) is 18.2 Å². The van der Waals surface area contributed by atoms with E-state index in [9.17, 15) is 4.79 Å². The fraction of sp³-hybridized carbons (Fsp3) is 0.308. The minimum atomic E-state index is -0.0360. The summed E-state index contributed by atoms with van der Waals surface area (Å²) in [4.78, 5) is 13.5. The smallest absolute Gasteiger partial charge is 0.192 e. The molecule has 4 nitrogen and oxygen atoms in total. The zero-order valence-corrected chi connectivity index (χ0v) is 9.97. The lowest BCUT2D eigenvalue weighted by Crippen LogP contribution is -2.19. The van der Waals surface area contributed by atoms with Gasteiger partial charge in [0.25, 0.3) is 0 Å². The Morgan fingerprint density at radius 2 is 2.12 bits per heavy atom. The minimum absolute atomic E-state index is 0.0360. The molecule has 1 aromatic heterocycles. The SMILES string of the molecule is CN(C)CCOc1ccc2c(=O)ccoc2c1. The highest BCUT2D eigenvalue weighted by Gasteiger charge is 2.02. The number of hydrogen-bond acceptors (Lipinski definition) is 4. The average Bonchev–Trinajstić information content (AvgIpc) is 2.29. The third-order valence-corrected chi connectivity index (χ3v) is 2.44. The maximum Gasteiger partial charge on any atom is 0.192 e. The predicted octanol–water partition coefficient (Wildman–Crippen LogP) is 1.73. The van der Waals surface area contributed by atoms with Gasteiger partial charge in [-0.05, 0) is 26.2 Å². The first-order chi connectivity index (χ1) is 8.16. The lowest BCUT2D eigenvalue weighted by molar-refractivity contribution is 0.261. The van der Waals surface area contributed by atoms with Gasteiger partial charge in [-0.1, -0.05) is 0 Å². The molecule has 2 rings (SSSR count). The molecule has 0 bridgehead atoms. The van der Waals surface area contributed by atoms with E-state index < -0.39 is 0 Å². The molecule has 0 unspecified atom stereocenters. The lowest BCUT2D eigenvalue weighted by Gasteiger charge is -2.10. The third-order valence-electron chi connectivity index (χ3n) is 2.44. The Bertz CT molecular complexity index is 560. The Kier molecular flexibility index (Phi) is 3.44. The monoisotopic (exact) mass is 233 g/mol. The van der Waals surface area contributed by atoms with Gasteiger partial charge in [-0.15, -0.1) is 0 Å². The number of nitrogens with zero attached hydrogens (tertiary/aromatic N) is 1. The summed E-state index contributed by atoms with van der Waals surface area (Å²) in [5.74, 6) is 0.716. The number of hydrogen-bond donors (Lipinski definition) is 0. The summed E-state index contributed by atoms with van der Waals surface area (Å²) in [6.07, 6.45) is 1.40. The van der Waals surface area contributed by atoms with Gasteiger partial charge in [-0.3, -0.25) is 4.79 Å². The maximum absolute atomic E-state index is 11.5. The van der Waals surface area contributed by atoms with Crippen LogP contribution in [0.25, 0.3) is 11.0 Å². The van der Waals surface area contributed by atoms with E-state index >= 15 is 0 Å². The Balaban J connectivity index is 2.18. The van der Waals surface area contributed by atoms with Crippen LogP contribution in [0.4, 0.5) is 0 Å². The highest BCUT2D eigenvalue weighted by Crippen LogP contribution is 2.18. The van der Waals surface area contributed by atoms with Gasteiger partial charge in [0.1, 0.15) is 17.9 Å². The Morgan fingerprint density at radius 1 is 1.29 bits per heavy atom. The van der Waals surface area contributed by atoms with E-state index in [1.165, 1.54) is 12.3 Å². The van der Waals surface area contributed by atoms with Crippen LogP contribution in [-0.2, 0) is 0 Å². The summed E-state index contributed by atoms with van der Waals surface area (Å²) < 4.78 is 10.8. The van der Waals surface area contributed by atoms with Crippen LogP contribution in [0.1, 0.15) is 0 Å². The van der Waals surface area contributed by atoms with Crippen molar-refractivity contribution in [3.63, 3.8) is 0 Å². The van der Waals surface area contributed by atoms with Gasteiger partial charge in [-0.2, -0.15) is 0 Å². The van der Waals surface area contributed by atoms with Crippen LogP contribution < -0.4 is 10.2 Å². The summed E-state index contributed by atoms with van der Waals surface area (Å²) in [6.45, 7) is 1.45. The zero-order chi connectivity index (χ0) is 12.3. The number of benzene rings is 1. The molecule has 0 atom stereocenters. The van der Waals surface area contributed by atoms with Crippen LogP contribution in [0.2, 0.25) is 0 Å². The Labute approximate surface area is 99.4 Å². The van der Waals surface area contributed by atoms with Gasteiger partial charge in [0.15, 0.2) is 5.43 Å². The second kappa shape index (κ2) is 5.01. The molecule has 1 aromatic carbocycles. The molecule has 17 heavy (non-hydrogen) atoms. The van der Waals surface area contributed by atoms with Crippen LogP contribution in [0.3, 0.4) is 0 Å². The summed E-state index contributed by atoms with van der Waals surface area (Å²) in [5.41, 5.74) is 0.519. The average molecular weight is 233 g/mol. The van der Waals surface area contributed by atoms with Gasteiger partial charge in [0, 0.05) is 18.7 Å². The van der Waals surface area contributed by atoms with E-state index in [-0.39, 0.29) is 5.43 Å². The van der Waals surface area contributed by atoms with Gasteiger partial charge in [0.2, 0.25) is 0 Å². The molecule has 0 aliphatic heterocycles. The van der Waals surface area contributed by atoms with Crippen molar-refractivity contribution in [2.45, 2.75) is 0 Å². The molecular weight excluding hydrogens is 218 g/mol. The molecule has 1 heterocycles. The van der Waals surface area contributed by atoms with E-state index in [0.29, 0.717) is 23.3 Å². The van der Waals surface area contributed by atoms with E-state index in [1.807, 2.05) is 19.0 Å². The largest absolute Gasteiger partial charge is 0.492 e. The molecule has 0 saturated carbocycles. The molecule has 4 heteroatoms. The normalized spacial score (nSPS) is 11.0. The van der Waals surface area contributed by atoms with Crippen molar-refractivity contribution in [1.82, 2.24) is 4.90 Å². The topological polar surface area (TPSA) is 42.7 Å². The molecule has 90 valence electrons. The van der Waals surface area contributed by atoms with E-state index in [0.717, 1.165) is 6.54 Å². The van der Waals surface area contributed by atoms with Crippen LogP contribution >= 0.6 is 0 Å². The number of rotatable bonds is 4. The van der Waals surface area contributed by atoms with Crippen LogP contribution in [0.15, 0.2) is 39.7 Å². The molecule has 0 saturated heterocycles. The first kappa shape index (κ1) is 11.7. The van der Waals surface area contributed by atoms with Crippen molar-refractivity contribution in [3.8, 4) is 5.75 Å². The predicted molar refractivity (Wildman–Crippen MR) is 66.5 cm³/mol. The molecule has 0 aliphatic rings. The molecular formula is C13H15NO3. The van der Waals surface area contributed by atoms with E-state index in [4.69, 9.17) is 9.15 Å². The van der Waals surface area contributed by atoms with E-state index in [2.05, 4.69) is 0 Å². The van der Waals surface area contributed by atoms with Crippen LogP contribution in [-0.4, -0.2) is 32.1 Å². The molecule has 0 N–H and O–H groups in total. The summed E-state index contributed by atoms with van der Waals surface area (Å²) in [5, 5.41) is 0.576. The highest BCUT2D eigenvalue weighted by atomic mass is 16.5. The molecule has 0 aliphatic carbocycles. The summed E-state index contributed by atoms with van der Waals surface area (Å²) in [6, 6.07) is 6.67. The van der Waals surface area contributed by atoms with Crippen molar-refractivity contribution in [1.29, 1.82) is 0 Å². The fourth-order valence-electron chi connectivity index (χ4n) is 1.50. The first-order valence-corrected chi connectivity index (χ1v) is 5.46. The third kappa shape index (κ3) is 2.85. The highest BCUT2D eigenvalue weighted by molar-refractivity contribution is 5.77. The molecule has 0 spiro atoms. The van der Waals surface area contributed by atoms with Crippen molar-refractivity contribution in [2.24, 2.45) is 0 Å². The van der Waals surface area contributed by atoms with Crippen molar-refractivity contribution in [3.05, 3.63) is 40.8 Å². The van der Waals surface area contributed by atoms with Crippen molar-refractivity contribution >= 4 is 11.0 Å². The molecule has 0 amide bonds. The van der Waals surface area contributed by atoms with Gasteiger partial charge in [-0.25, -0.2) is 0 Å². The number of likely N-dealkylation sites (N-methyl/N-ethyl adjacent to an activating group) is 1. The quantitative estimate of drug-likeness (QED) is 0.806. The molecule has 0 radical (unpaired) electrons. The summed E-state index contributed by atoms with van der Waals surface area (Å²) >= 11 is 0. The standard InChI is InChI=1S/C13H15NO3/c1-14(2)6-8-16-10-3-4-11-12(15)5-7-17-13(11)9-10/h3-5,7,9H,6,8H2,1-2H3. The molecule has 2 aromatic rings. The lowest BCUT2D eigenvalue weighted by atomic mass is 10.2. The van der Waals surface area contributed by atoms with Crippen molar-refractivity contribution < 1.29 is 9.15 Å². The van der Waals surface area contributed by atoms with Crippen LogP contribution in [0, 0.1) is 0 Å². The number of ether oxygens (including phenoxy) is 1. The van der Waals surface area contributed by atoms with Gasteiger partial charge in [0.05, 0.1) is 11.6 Å². The first-order valence-electron chi connectivity index (χ1n) is 5.46. The minimum Gasteiger partial charge on any atom is -0.492 e. The summed E-state index contributed by atoms with van der Waals surface area (Å²) in [7, 11) is 3.98. The molecule has 0 fully saturated rings. The second-order valence-electron chi connectivity index (χ2n) is 4.09. The second-order valence-corrected chi connectivity index (χ2v) is 4.09. The fourth-order valence-corrected chi connectivity index (χ4v) is 1.50. The zero-order valence-electron chi connectivity index (χ0n) is 9.97. The van der Waals surface area contributed by atoms with Gasteiger partial charge >= 0.3 is 0 Å². The van der Waals surface area contributed by atoms with Gasteiger partial charge < -0.3 is 14.1 Å². The van der Waals surface area contributed by atoms with Crippen molar-refractivity contribution in [2.75, 3.05) is 27.2 Å². The Hall–Kier alpha value is -1.81. The maximum atomic E-state index is 11.5. The number of fused-ring (bicyclic) bond motifs is 1. The Morgan fingerprint density at radius 3 is 2.88 bits per heavy atom. The van der Waals surface area contributed by atoms with Crippen LogP contribution in [0.5, 0.6) is 5.75 Å².